The van der Waals surface area contributed by atoms with E-state index in [9.17, 15) is 34.2 Å². The van der Waals surface area contributed by atoms with Crippen LogP contribution in [0.1, 0.15) is 46.5 Å². The Labute approximate surface area is 242 Å². The number of alkyl halides is 1. The average Bonchev–Trinajstić information content (AvgIpc) is 2.90. The van der Waals surface area contributed by atoms with Crippen LogP contribution in [0.3, 0.4) is 0 Å². The first-order valence-electron chi connectivity index (χ1n) is 10.9. The van der Waals surface area contributed by atoms with Gasteiger partial charge in [0.1, 0.15) is 12.2 Å². The molecule has 0 aromatic heterocycles. The van der Waals surface area contributed by atoms with Crippen molar-refractivity contribution in [1.29, 1.82) is 0 Å². The maximum atomic E-state index is 17.1. The fourth-order valence-corrected chi connectivity index (χ4v) is 8.54. The zero-order valence-corrected chi connectivity index (χ0v) is 19.2. The number of carbonyl (C=O) groups is 2. The molecular weight excluding hydrogens is 488 g/mol. The van der Waals surface area contributed by atoms with E-state index in [0.717, 1.165) is 0 Å². The van der Waals surface area contributed by atoms with Crippen LogP contribution in [0.5, 0.6) is 0 Å². The fraction of sp³-hybridized carbons (Fsp3) is 0.727. The zero-order chi connectivity index (χ0) is 23.9. The van der Waals surface area contributed by atoms with Gasteiger partial charge < -0.3 is 20.0 Å². The van der Waals surface area contributed by atoms with Crippen molar-refractivity contribution in [3.05, 3.63) is 23.8 Å². The Balaban J connectivity index is 0.00000204. The molecule has 12 heteroatoms. The standard InChI is InChI=1S/C22H30FO8P.2Na.2H/c1-12-8-16-15-5-4-13-9-14(25)6-7-19(13,2)21(15,23)17(26)10-20(16,3)22(12,18(27)11-24)31-32(28,29)30;;;;/h6-7,9,12,15-17,24,26H,4-5,8,10-11H2,1-3H3,(H2,28,29,30);;;;/t12-,15-,16-,17-,19-,20-,21-,22-;;;;/m0..../s1. The van der Waals surface area contributed by atoms with Gasteiger partial charge in [-0.05, 0) is 56.6 Å². The van der Waals surface area contributed by atoms with Gasteiger partial charge in [-0.1, -0.05) is 25.5 Å². The van der Waals surface area contributed by atoms with Crippen molar-refractivity contribution in [1.82, 2.24) is 0 Å². The number of halogens is 1. The van der Waals surface area contributed by atoms with E-state index in [1.807, 2.05) is 0 Å². The summed E-state index contributed by atoms with van der Waals surface area (Å²) in [5, 5.41) is 21.0. The zero-order valence-electron chi connectivity index (χ0n) is 18.3. The van der Waals surface area contributed by atoms with Gasteiger partial charge in [-0.2, -0.15) is 0 Å². The summed E-state index contributed by atoms with van der Waals surface area (Å²) < 4.78 is 34.2. The molecule has 3 saturated carbocycles. The molecule has 0 heterocycles. The second-order valence-electron chi connectivity index (χ2n) is 10.3. The van der Waals surface area contributed by atoms with E-state index in [1.54, 1.807) is 20.8 Å². The summed E-state index contributed by atoms with van der Waals surface area (Å²) in [6, 6.07) is 0. The van der Waals surface area contributed by atoms with Crippen LogP contribution in [0.25, 0.3) is 0 Å². The Hall–Kier alpha value is 0.780. The van der Waals surface area contributed by atoms with Crippen LogP contribution in [0.15, 0.2) is 23.8 Å². The SMILES string of the molecule is C[C@H]1C[C@H]2[C@@H]3CCC4=CC(=O)C=C[C@]4(C)[C@@]3(F)[C@@H](O)C[C@]2(C)[C@@]1(OP(=O)(O)O)C(=O)CO.[NaH].[NaH]. The number of allylic oxidation sites excluding steroid dienone is 4. The topological polar surface area (TPSA) is 141 Å². The molecule has 34 heavy (non-hydrogen) atoms. The third-order valence-corrected chi connectivity index (χ3v) is 9.53. The van der Waals surface area contributed by atoms with Gasteiger partial charge in [-0.15, -0.1) is 0 Å². The first-order valence-corrected chi connectivity index (χ1v) is 12.4. The molecular formula is C22H32FNa2O8P. The third kappa shape index (κ3) is 4.02. The molecule has 0 saturated heterocycles. The van der Waals surface area contributed by atoms with Gasteiger partial charge in [-0.3, -0.25) is 14.1 Å². The number of aliphatic hydroxyl groups is 2. The Bertz CT molecular complexity index is 984. The molecule has 4 aliphatic carbocycles. The number of hydrogen-bond donors (Lipinski definition) is 4. The Morgan fingerprint density at radius 2 is 1.88 bits per heavy atom. The number of Topliss-reactive ketones (excluding diaryl/α,β-unsaturated/α-hetero) is 1. The van der Waals surface area contributed by atoms with Gasteiger partial charge in [0.25, 0.3) is 0 Å². The third-order valence-electron chi connectivity index (χ3n) is 9.00. The van der Waals surface area contributed by atoms with Gasteiger partial charge in [0, 0.05) is 16.7 Å². The molecule has 0 spiro atoms. The monoisotopic (exact) mass is 520 g/mol. The quantitative estimate of drug-likeness (QED) is 0.314. The van der Waals surface area contributed by atoms with Gasteiger partial charge in [0.05, 0.1) is 6.10 Å². The molecule has 8 nitrogen and oxygen atoms in total. The van der Waals surface area contributed by atoms with Crippen molar-refractivity contribution < 1.29 is 43.1 Å². The maximum absolute atomic E-state index is 17.1. The number of aliphatic hydroxyl groups excluding tert-OH is 2. The first kappa shape index (κ1) is 31.0. The van der Waals surface area contributed by atoms with E-state index in [1.165, 1.54) is 18.2 Å². The van der Waals surface area contributed by atoms with E-state index in [-0.39, 0.29) is 77.7 Å². The predicted molar refractivity (Wildman–Crippen MR) is 125 cm³/mol. The number of hydrogen-bond acceptors (Lipinski definition) is 6. The summed E-state index contributed by atoms with van der Waals surface area (Å²) in [5.74, 6) is -3.13. The van der Waals surface area contributed by atoms with Crippen molar-refractivity contribution in [2.75, 3.05) is 6.61 Å². The molecule has 0 unspecified atom stereocenters. The molecule has 0 amide bonds. The Kier molecular flexibility index (Phi) is 8.96. The molecule has 3 fully saturated rings. The number of ketones is 2. The van der Waals surface area contributed by atoms with Crippen molar-refractivity contribution in [2.24, 2.45) is 28.6 Å². The number of phosphoric acid groups is 1. The molecule has 0 aromatic carbocycles. The molecule has 182 valence electrons. The van der Waals surface area contributed by atoms with Crippen LogP contribution in [0.4, 0.5) is 4.39 Å². The van der Waals surface area contributed by atoms with Crippen molar-refractivity contribution in [2.45, 2.75) is 63.8 Å². The summed E-state index contributed by atoms with van der Waals surface area (Å²) in [7, 11) is -5.17. The molecule has 8 atom stereocenters. The molecule has 4 N–H and O–H groups in total. The fourth-order valence-electron chi connectivity index (χ4n) is 7.67. The van der Waals surface area contributed by atoms with Crippen molar-refractivity contribution in [3.8, 4) is 0 Å². The Morgan fingerprint density at radius 1 is 1.26 bits per heavy atom. The molecule has 0 radical (unpaired) electrons. The van der Waals surface area contributed by atoms with E-state index >= 15 is 4.39 Å². The molecule has 4 rings (SSSR count). The van der Waals surface area contributed by atoms with E-state index in [2.05, 4.69) is 0 Å². The normalized spacial score (nSPS) is 45.2. The van der Waals surface area contributed by atoms with E-state index in [4.69, 9.17) is 4.52 Å². The summed E-state index contributed by atoms with van der Waals surface area (Å²) in [6.07, 6.45) is 3.34. The van der Waals surface area contributed by atoms with Crippen molar-refractivity contribution in [3.63, 3.8) is 0 Å². The van der Waals surface area contributed by atoms with E-state index < -0.39 is 66.2 Å². The summed E-state index contributed by atoms with van der Waals surface area (Å²) >= 11 is 0. The van der Waals surface area contributed by atoms with E-state index in [0.29, 0.717) is 18.4 Å². The predicted octanol–water partition coefficient (Wildman–Crippen LogP) is 0.716. The van der Waals surface area contributed by atoms with Crippen LogP contribution < -0.4 is 0 Å². The summed E-state index contributed by atoms with van der Waals surface area (Å²) in [6.45, 7) is 3.87. The number of fused-ring (bicyclic) bond motifs is 5. The van der Waals surface area contributed by atoms with Crippen LogP contribution in [-0.4, -0.2) is 115 Å². The van der Waals surface area contributed by atoms with Crippen LogP contribution in [0, 0.1) is 28.6 Å². The molecule has 4 aliphatic rings. The number of rotatable bonds is 4. The van der Waals surface area contributed by atoms with Gasteiger partial charge >= 0.3 is 66.9 Å². The second kappa shape index (κ2) is 9.83. The average molecular weight is 520 g/mol. The minimum atomic E-state index is -5.17. The van der Waals surface area contributed by atoms with Crippen molar-refractivity contribution >= 4 is 78.5 Å². The van der Waals surface area contributed by atoms with Crippen LogP contribution >= 0.6 is 7.82 Å². The van der Waals surface area contributed by atoms with Crippen LogP contribution in [0.2, 0.25) is 0 Å². The molecule has 0 aromatic rings. The van der Waals surface area contributed by atoms with Gasteiger partial charge in [-0.25, -0.2) is 8.96 Å². The van der Waals surface area contributed by atoms with Crippen LogP contribution in [-0.2, 0) is 18.7 Å². The number of phosphoric ester groups is 1. The van der Waals surface area contributed by atoms with Gasteiger partial charge in [0.15, 0.2) is 17.2 Å². The summed E-state index contributed by atoms with van der Waals surface area (Å²) in [4.78, 5) is 44.2. The van der Waals surface area contributed by atoms with Gasteiger partial charge in [0.2, 0.25) is 0 Å². The Morgan fingerprint density at radius 3 is 2.44 bits per heavy atom. The second-order valence-corrected chi connectivity index (χ2v) is 11.5. The molecule has 0 aliphatic heterocycles. The number of carbonyl (C=O) groups excluding carboxylic acids is 2. The minimum absolute atomic E-state index is 0. The summed E-state index contributed by atoms with van der Waals surface area (Å²) in [5.41, 5.74) is -6.13. The first-order chi connectivity index (χ1) is 14.7. The molecule has 0 bridgehead atoms.